The molecule has 2 aromatic carbocycles. The summed E-state index contributed by atoms with van der Waals surface area (Å²) in [5.74, 6) is 1.05. The van der Waals surface area contributed by atoms with Gasteiger partial charge in [-0.2, -0.15) is 0 Å². The van der Waals surface area contributed by atoms with Crippen LogP contribution in [0.25, 0.3) is 0 Å². The molecule has 1 unspecified atom stereocenters. The molecule has 1 atom stereocenters. The van der Waals surface area contributed by atoms with Crippen molar-refractivity contribution in [2.75, 3.05) is 12.8 Å². The van der Waals surface area contributed by atoms with E-state index in [1.54, 1.807) is 0 Å². The van der Waals surface area contributed by atoms with E-state index in [9.17, 15) is 0 Å². The number of hydrogen-bond acceptors (Lipinski definition) is 2. The lowest BCUT2D eigenvalue weighted by Gasteiger charge is -2.17. The van der Waals surface area contributed by atoms with Gasteiger partial charge in [-0.05, 0) is 38.6 Å². The largest absolute Gasteiger partial charge is 0.312 e. The molecule has 0 saturated carbocycles. The summed E-state index contributed by atoms with van der Waals surface area (Å²) in [6.45, 7) is 4.32. The SMILES string of the molecule is CNC(CSc1ccccc1)c1cc(C)cc(C)c1. The van der Waals surface area contributed by atoms with Gasteiger partial charge in [-0.15, -0.1) is 11.8 Å². The predicted molar refractivity (Wildman–Crippen MR) is 84.9 cm³/mol. The Bertz CT molecular complexity index is 502. The van der Waals surface area contributed by atoms with Crippen molar-refractivity contribution in [1.82, 2.24) is 5.32 Å². The number of nitrogens with one attached hydrogen (secondary N) is 1. The van der Waals surface area contributed by atoms with Gasteiger partial charge in [-0.3, -0.25) is 0 Å². The van der Waals surface area contributed by atoms with Crippen LogP contribution in [0, 0.1) is 13.8 Å². The van der Waals surface area contributed by atoms with Gasteiger partial charge in [0.1, 0.15) is 0 Å². The molecule has 0 heterocycles. The van der Waals surface area contributed by atoms with Gasteiger partial charge in [-0.1, -0.05) is 47.5 Å². The third-order valence-electron chi connectivity index (χ3n) is 3.15. The van der Waals surface area contributed by atoms with Gasteiger partial charge < -0.3 is 5.32 Å². The molecule has 0 bridgehead atoms. The molecule has 0 aliphatic carbocycles. The van der Waals surface area contributed by atoms with E-state index < -0.39 is 0 Å². The molecular formula is C17H21NS. The number of benzene rings is 2. The summed E-state index contributed by atoms with van der Waals surface area (Å²) in [6, 6.07) is 17.7. The van der Waals surface area contributed by atoms with Crippen LogP contribution in [0.1, 0.15) is 22.7 Å². The minimum atomic E-state index is 0.392. The van der Waals surface area contributed by atoms with Gasteiger partial charge in [0.25, 0.3) is 0 Å². The molecule has 1 nitrogen and oxygen atoms in total. The Morgan fingerprint density at radius 3 is 2.21 bits per heavy atom. The Hall–Kier alpha value is -1.25. The van der Waals surface area contributed by atoms with Crippen LogP contribution in [-0.4, -0.2) is 12.8 Å². The first-order valence-corrected chi connectivity index (χ1v) is 7.61. The van der Waals surface area contributed by atoms with Gasteiger partial charge >= 0.3 is 0 Å². The second-order valence-corrected chi connectivity index (χ2v) is 5.98. The van der Waals surface area contributed by atoms with E-state index in [0.717, 1.165) is 5.75 Å². The topological polar surface area (TPSA) is 12.0 Å². The van der Waals surface area contributed by atoms with Gasteiger partial charge in [0.05, 0.1) is 0 Å². The molecule has 0 saturated heterocycles. The van der Waals surface area contributed by atoms with Crippen LogP contribution < -0.4 is 5.32 Å². The van der Waals surface area contributed by atoms with Crippen molar-refractivity contribution in [2.24, 2.45) is 0 Å². The van der Waals surface area contributed by atoms with Crippen LogP contribution in [0.3, 0.4) is 0 Å². The van der Waals surface area contributed by atoms with Crippen molar-refractivity contribution >= 4 is 11.8 Å². The lowest BCUT2D eigenvalue weighted by atomic mass is 10.0. The van der Waals surface area contributed by atoms with Gasteiger partial charge in [0.2, 0.25) is 0 Å². The van der Waals surface area contributed by atoms with Crippen LogP contribution in [0.15, 0.2) is 53.4 Å². The minimum absolute atomic E-state index is 0.392. The first-order chi connectivity index (χ1) is 9.19. The average Bonchev–Trinajstić information content (AvgIpc) is 2.39. The molecule has 2 aromatic rings. The lowest BCUT2D eigenvalue weighted by molar-refractivity contribution is 0.661. The van der Waals surface area contributed by atoms with Crippen LogP contribution >= 0.6 is 11.8 Å². The number of hydrogen-bond donors (Lipinski definition) is 1. The van der Waals surface area contributed by atoms with Crippen molar-refractivity contribution in [1.29, 1.82) is 0 Å². The van der Waals surface area contributed by atoms with Crippen LogP contribution in [0.5, 0.6) is 0 Å². The van der Waals surface area contributed by atoms with Gasteiger partial charge in [0.15, 0.2) is 0 Å². The van der Waals surface area contributed by atoms with Crippen LogP contribution in [-0.2, 0) is 0 Å². The summed E-state index contributed by atoms with van der Waals surface area (Å²) >= 11 is 1.90. The smallest absolute Gasteiger partial charge is 0.0413 e. The summed E-state index contributed by atoms with van der Waals surface area (Å²) in [4.78, 5) is 1.33. The van der Waals surface area contributed by atoms with Crippen molar-refractivity contribution in [2.45, 2.75) is 24.8 Å². The van der Waals surface area contributed by atoms with E-state index in [-0.39, 0.29) is 0 Å². The predicted octanol–water partition coefficient (Wildman–Crippen LogP) is 4.36. The van der Waals surface area contributed by atoms with E-state index in [0.29, 0.717) is 6.04 Å². The first kappa shape index (κ1) is 14.2. The number of aryl methyl sites for hydroxylation is 2. The Morgan fingerprint density at radius 1 is 1.00 bits per heavy atom. The fourth-order valence-electron chi connectivity index (χ4n) is 2.25. The third-order valence-corrected chi connectivity index (χ3v) is 4.26. The fraction of sp³-hybridized carbons (Fsp3) is 0.294. The molecule has 0 radical (unpaired) electrons. The maximum atomic E-state index is 3.42. The second kappa shape index (κ2) is 6.78. The Morgan fingerprint density at radius 2 is 1.63 bits per heavy atom. The summed E-state index contributed by atoms with van der Waals surface area (Å²) in [5, 5.41) is 3.42. The maximum absolute atomic E-state index is 3.42. The fourth-order valence-corrected chi connectivity index (χ4v) is 3.32. The van der Waals surface area contributed by atoms with E-state index in [2.05, 4.69) is 67.7 Å². The zero-order valence-corrected chi connectivity index (χ0v) is 12.6. The molecule has 0 aromatic heterocycles. The van der Waals surface area contributed by atoms with E-state index in [4.69, 9.17) is 0 Å². The first-order valence-electron chi connectivity index (χ1n) is 6.62. The summed E-state index contributed by atoms with van der Waals surface area (Å²) in [7, 11) is 2.04. The second-order valence-electron chi connectivity index (χ2n) is 4.89. The lowest BCUT2D eigenvalue weighted by Crippen LogP contribution is -2.19. The Balaban J connectivity index is 2.07. The Labute approximate surface area is 120 Å². The highest BCUT2D eigenvalue weighted by molar-refractivity contribution is 7.99. The minimum Gasteiger partial charge on any atom is -0.312 e. The van der Waals surface area contributed by atoms with Crippen molar-refractivity contribution in [3.8, 4) is 0 Å². The molecular weight excluding hydrogens is 250 g/mol. The monoisotopic (exact) mass is 271 g/mol. The van der Waals surface area contributed by atoms with Gasteiger partial charge in [-0.25, -0.2) is 0 Å². The molecule has 0 aliphatic rings. The summed E-state index contributed by atoms with van der Waals surface area (Å²) in [5.41, 5.74) is 4.04. The molecule has 0 spiro atoms. The number of thioether (sulfide) groups is 1. The van der Waals surface area contributed by atoms with E-state index in [1.807, 2.05) is 18.8 Å². The molecule has 0 amide bonds. The van der Waals surface area contributed by atoms with Crippen molar-refractivity contribution in [3.05, 3.63) is 65.2 Å². The van der Waals surface area contributed by atoms with E-state index in [1.165, 1.54) is 21.6 Å². The highest BCUT2D eigenvalue weighted by Gasteiger charge is 2.10. The average molecular weight is 271 g/mol. The molecule has 2 rings (SSSR count). The quantitative estimate of drug-likeness (QED) is 0.811. The molecule has 19 heavy (non-hydrogen) atoms. The normalized spacial score (nSPS) is 12.4. The summed E-state index contributed by atoms with van der Waals surface area (Å²) < 4.78 is 0. The molecule has 0 fully saturated rings. The standard InChI is InChI=1S/C17H21NS/c1-13-9-14(2)11-15(10-13)17(18-3)12-19-16-7-5-4-6-8-16/h4-11,17-18H,12H2,1-3H3. The number of rotatable bonds is 5. The van der Waals surface area contributed by atoms with E-state index >= 15 is 0 Å². The maximum Gasteiger partial charge on any atom is 0.0413 e. The third kappa shape index (κ3) is 4.12. The zero-order chi connectivity index (χ0) is 13.7. The highest BCUT2D eigenvalue weighted by atomic mass is 32.2. The highest BCUT2D eigenvalue weighted by Crippen LogP contribution is 2.25. The molecule has 0 aliphatic heterocycles. The molecule has 1 N–H and O–H groups in total. The Kier molecular flexibility index (Phi) is 5.06. The molecule has 100 valence electrons. The molecule has 2 heteroatoms. The zero-order valence-electron chi connectivity index (χ0n) is 11.8. The van der Waals surface area contributed by atoms with Crippen molar-refractivity contribution < 1.29 is 0 Å². The van der Waals surface area contributed by atoms with Crippen molar-refractivity contribution in [3.63, 3.8) is 0 Å². The van der Waals surface area contributed by atoms with Crippen LogP contribution in [0.4, 0.5) is 0 Å². The van der Waals surface area contributed by atoms with Crippen LogP contribution in [0.2, 0.25) is 0 Å². The van der Waals surface area contributed by atoms with Gasteiger partial charge in [0, 0.05) is 16.7 Å². The summed E-state index contributed by atoms with van der Waals surface area (Å²) in [6.07, 6.45) is 0.